The van der Waals surface area contributed by atoms with Gasteiger partial charge in [0.1, 0.15) is 0 Å². The molecule has 0 aliphatic carbocycles. The lowest BCUT2D eigenvalue weighted by Gasteiger charge is -2.13. The highest BCUT2D eigenvalue weighted by Crippen LogP contribution is 2.23. The number of pyridine rings is 1. The van der Waals surface area contributed by atoms with Crippen molar-refractivity contribution in [3.8, 4) is 11.3 Å². The summed E-state index contributed by atoms with van der Waals surface area (Å²) in [7, 11) is 0. The Hall–Kier alpha value is -2.18. The molecule has 0 saturated heterocycles. The van der Waals surface area contributed by atoms with Crippen LogP contribution in [0.1, 0.15) is 29.0 Å². The standard InChI is InChI=1S/C17H14BrClN4O/c1-10(15-7-4-12(18)8-20-15)22-17(24)14-9-21-23-16(14)11-2-5-13(19)6-3-11/h2-10H,1H3,(H,21,23)(H,22,24). The van der Waals surface area contributed by atoms with Gasteiger partial charge >= 0.3 is 0 Å². The van der Waals surface area contributed by atoms with Crippen LogP contribution in [0.4, 0.5) is 0 Å². The van der Waals surface area contributed by atoms with E-state index >= 15 is 0 Å². The SMILES string of the molecule is CC(NC(=O)c1cn[nH]c1-c1ccc(Cl)cc1)c1ccc(Br)cn1. The first-order valence-corrected chi connectivity index (χ1v) is 8.43. The maximum absolute atomic E-state index is 12.6. The summed E-state index contributed by atoms with van der Waals surface area (Å²) in [5, 5.41) is 10.4. The number of H-pyrrole nitrogens is 1. The van der Waals surface area contributed by atoms with Crippen molar-refractivity contribution in [1.29, 1.82) is 0 Å². The number of hydrogen-bond acceptors (Lipinski definition) is 3. The molecule has 1 aromatic carbocycles. The third-order valence-electron chi connectivity index (χ3n) is 3.56. The van der Waals surface area contributed by atoms with Crippen LogP contribution in [0.5, 0.6) is 0 Å². The highest BCUT2D eigenvalue weighted by molar-refractivity contribution is 9.10. The van der Waals surface area contributed by atoms with Crippen molar-refractivity contribution in [3.63, 3.8) is 0 Å². The van der Waals surface area contributed by atoms with Gasteiger partial charge in [0.15, 0.2) is 0 Å². The van der Waals surface area contributed by atoms with E-state index < -0.39 is 0 Å². The molecule has 0 aliphatic heterocycles. The summed E-state index contributed by atoms with van der Waals surface area (Å²) in [5.41, 5.74) is 2.75. The summed E-state index contributed by atoms with van der Waals surface area (Å²) in [6.07, 6.45) is 3.22. The summed E-state index contributed by atoms with van der Waals surface area (Å²) in [6.45, 7) is 1.89. The largest absolute Gasteiger partial charge is 0.344 e. The number of carbonyl (C=O) groups is 1. The number of amides is 1. The van der Waals surface area contributed by atoms with Gasteiger partial charge in [0.25, 0.3) is 5.91 Å². The number of rotatable bonds is 4. The predicted octanol–water partition coefficient (Wildman–Crippen LogP) is 4.38. The molecular formula is C17H14BrClN4O. The molecule has 5 nitrogen and oxygen atoms in total. The number of nitrogens with one attached hydrogen (secondary N) is 2. The van der Waals surface area contributed by atoms with Crippen LogP contribution in [0.25, 0.3) is 11.3 Å². The summed E-state index contributed by atoms with van der Waals surface area (Å²) in [5.74, 6) is -0.217. The first-order chi connectivity index (χ1) is 11.5. The highest BCUT2D eigenvalue weighted by Gasteiger charge is 2.18. The van der Waals surface area contributed by atoms with Crippen molar-refractivity contribution in [1.82, 2.24) is 20.5 Å². The van der Waals surface area contributed by atoms with Crippen LogP contribution in [0.3, 0.4) is 0 Å². The molecule has 3 aromatic rings. The first-order valence-electron chi connectivity index (χ1n) is 7.26. The fourth-order valence-electron chi connectivity index (χ4n) is 2.29. The Balaban J connectivity index is 1.80. The van der Waals surface area contributed by atoms with Crippen molar-refractivity contribution < 1.29 is 4.79 Å². The number of benzene rings is 1. The summed E-state index contributed by atoms with van der Waals surface area (Å²) in [4.78, 5) is 16.9. The van der Waals surface area contributed by atoms with Gasteiger partial charge in [-0.05, 0) is 47.1 Å². The molecule has 0 bridgehead atoms. The van der Waals surface area contributed by atoms with E-state index in [9.17, 15) is 4.79 Å². The number of aromatic amines is 1. The van der Waals surface area contributed by atoms with Crippen LogP contribution in [0, 0.1) is 0 Å². The zero-order valence-electron chi connectivity index (χ0n) is 12.8. The smallest absolute Gasteiger partial charge is 0.255 e. The summed E-state index contributed by atoms with van der Waals surface area (Å²) < 4.78 is 0.893. The molecule has 0 saturated carbocycles. The minimum Gasteiger partial charge on any atom is -0.344 e. The third kappa shape index (κ3) is 3.66. The quantitative estimate of drug-likeness (QED) is 0.677. The Morgan fingerprint density at radius 2 is 1.96 bits per heavy atom. The van der Waals surface area contributed by atoms with E-state index in [-0.39, 0.29) is 11.9 Å². The number of hydrogen-bond donors (Lipinski definition) is 2. The number of carbonyl (C=O) groups excluding carboxylic acids is 1. The number of aromatic nitrogens is 3. The second-order valence-electron chi connectivity index (χ2n) is 5.26. The second-order valence-corrected chi connectivity index (χ2v) is 6.61. The third-order valence-corrected chi connectivity index (χ3v) is 4.28. The van der Waals surface area contributed by atoms with Crippen LogP contribution < -0.4 is 5.32 Å². The van der Waals surface area contributed by atoms with Gasteiger partial charge in [-0.25, -0.2) is 0 Å². The minimum atomic E-state index is -0.224. The van der Waals surface area contributed by atoms with E-state index in [0.717, 1.165) is 15.7 Å². The van der Waals surface area contributed by atoms with E-state index in [1.807, 2.05) is 31.2 Å². The predicted molar refractivity (Wildman–Crippen MR) is 96.9 cm³/mol. The average molecular weight is 406 g/mol. The Kier molecular flexibility index (Phi) is 4.97. The van der Waals surface area contributed by atoms with E-state index in [1.54, 1.807) is 18.3 Å². The van der Waals surface area contributed by atoms with Crippen molar-refractivity contribution in [3.05, 3.63) is 69.5 Å². The van der Waals surface area contributed by atoms with Crippen molar-refractivity contribution >= 4 is 33.4 Å². The molecule has 3 rings (SSSR count). The zero-order chi connectivity index (χ0) is 17.1. The number of halogens is 2. The van der Waals surface area contributed by atoms with Gasteiger partial charge in [-0.2, -0.15) is 5.10 Å². The maximum Gasteiger partial charge on any atom is 0.255 e. The van der Waals surface area contributed by atoms with Gasteiger partial charge in [-0.3, -0.25) is 14.9 Å². The first kappa shape index (κ1) is 16.7. The molecule has 0 fully saturated rings. The summed E-state index contributed by atoms with van der Waals surface area (Å²) >= 11 is 9.25. The maximum atomic E-state index is 12.6. The van der Waals surface area contributed by atoms with Crippen molar-refractivity contribution in [2.75, 3.05) is 0 Å². The molecule has 0 aliphatic rings. The summed E-state index contributed by atoms with van der Waals surface area (Å²) in [6, 6.07) is 10.8. The normalized spacial score (nSPS) is 12.0. The molecule has 7 heteroatoms. The molecule has 1 atom stereocenters. The number of nitrogens with zero attached hydrogens (tertiary/aromatic N) is 2. The van der Waals surface area contributed by atoms with E-state index in [4.69, 9.17) is 11.6 Å². The fourth-order valence-corrected chi connectivity index (χ4v) is 2.65. The second kappa shape index (κ2) is 7.15. The molecule has 24 heavy (non-hydrogen) atoms. The molecule has 2 aromatic heterocycles. The van der Waals surface area contributed by atoms with Gasteiger partial charge in [-0.15, -0.1) is 0 Å². The molecule has 1 unspecified atom stereocenters. The molecular weight excluding hydrogens is 392 g/mol. The molecule has 2 N–H and O–H groups in total. The monoisotopic (exact) mass is 404 g/mol. The Labute approximate surface area is 152 Å². The molecule has 2 heterocycles. The lowest BCUT2D eigenvalue weighted by molar-refractivity contribution is 0.0940. The van der Waals surface area contributed by atoms with Crippen molar-refractivity contribution in [2.45, 2.75) is 13.0 Å². The molecule has 0 radical (unpaired) electrons. The van der Waals surface area contributed by atoms with Crippen molar-refractivity contribution in [2.24, 2.45) is 0 Å². The lowest BCUT2D eigenvalue weighted by Crippen LogP contribution is -2.27. The Bertz CT molecular complexity index is 846. The molecule has 0 spiro atoms. The van der Waals surface area contributed by atoms with Crippen LogP contribution in [-0.2, 0) is 0 Å². The molecule has 122 valence electrons. The van der Waals surface area contributed by atoms with Gasteiger partial charge in [0.05, 0.1) is 29.2 Å². The Morgan fingerprint density at radius 1 is 1.21 bits per heavy atom. The Morgan fingerprint density at radius 3 is 2.62 bits per heavy atom. The fraction of sp³-hybridized carbons (Fsp3) is 0.118. The van der Waals surface area contributed by atoms with E-state index in [2.05, 4.69) is 36.4 Å². The van der Waals surface area contributed by atoms with E-state index in [1.165, 1.54) is 6.20 Å². The molecule has 1 amide bonds. The topological polar surface area (TPSA) is 70.7 Å². The van der Waals surface area contributed by atoms with Gasteiger partial charge in [-0.1, -0.05) is 23.7 Å². The van der Waals surface area contributed by atoms with Crippen LogP contribution in [0.2, 0.25) is 5.02 Å². The van der Waals surface area contributed by atoms with Gasteiger partial charge < -0.3 is 5.32 Å². The highest BCUT2D eigenvalue weighted by atomic mass is 79.9. The van der Waals surface area contributed by atoms with Gasteiger partial charge in [0, 0.05) is 21.3 Å². The van der Waals surface area contributed by atoms with Crippen LogP contribution in [0.15, 0.2) is 53.3 Å². The van der Waals surface area contributed by atoms with E-state index in [0.29, 0.717) is 16.3 Å². The average Bonchev–Trinajstić information content (AvgIpc) is 3.06. The minimum absolute atomic E-state index is 0.217. The lowest BCUT2D eigenvalue weighted by atomic mass is 10.1. The van der Waals surface area contributed by atoms with Crippen LogP contribution >= 0.6 is 27.5 Å². The van der Waals surface area contributed by atoms with Gasteiger partial charge in [0.2, 0.25) is 0 Å². The zero-order valence-corrected chi connectivity index (χ0v) is 15.1. The van der Waals surface area contributed by atoms with Crippen LogP contribution in [-0.4, -0.2) is 21.1 Å².